The van der Waals surface area contributed by atoms with Crippen molar-refractivity contribution in [3.8, 4) is 0 Å². The number of carboxylic acid groups (broad SMARTS) is 4. The van der Waals surface area contributed by atoms with Crippen molar-refractivity contribution in [3.05, 3.63) is 228 Å². The van der Waals surface area contributed by atoms with Gasteiger partial charge in [-0.1, -0.05) is 97.1 Å². The van der Waals surface area contributed by atoms with Crippen LogP contribution in [0, 0.1) is 0 Å². The van der Waals surface area contributed by atoms with E-state index < -0.39 is 101 Å². The summed E-state index contributed by atoms with van der Waals surface area (Å²) in [4.78, 5) is 259. The van der Waals surface area contributed by atoms with Gasteiger partial charge < -0.3 is 42.1 Å². The molecule has 8 aromatic rings. The fourth-order valence-corrected chi connectivity index (χ4v) is 24.6. The Morgan fingerprint density at radius 1 is 0.259 bits per heavy atom. The van der Waals surface area contributed by atoms with Crippen LogP contribution >= 0.6 is 94.1 Å². The molecule has 44 heteroatoms. The highest BCUT2D eigenvalue weighted by Crippen LogP contribution is 2.43. The van der Waals surface area contributed by atoms with Gasteiger partial charge in [-0.3, -0.25) is 106 Å². The topological polar surface area (TPSA) is 541 Å². The minimum atomic E-state index is -1.14. The van der Waals surface area contributed by atoms with Crippen LogP contribution in [-0.4, -0.2) is 284 Å². The van der Waals surface area contributed by atoms with Crippen molar-refractivity contribution >= 4 is 235 Å². The van der Waals surface area contributed by atoms with Crippen molar-refractivity contribution in [2.75, 3.05) is 85.3 Å². The summed E-state index contributed by atoms with van der Waals surface area (Å²) in [5.41, 5.74) is 15.9. The third-order valence-corrected chi connectivity index (χ3v) is 32.6. The molecule has 0 bridgehead atoms. The summed E-state index contributed by atoms with van der Waals surface area (Å²) in [6.07, 6.45) is 0.482. The number of aliphatic hydroxyl groups is 2. The number of hydrogen-bond donors (Lipinski definition) is 8. The van der Waals surface area contributed by atoms with Crippen molar-refractivity contribution in [2.45, 2.75) is 129 Å². The highest BCUT2D eigenvalue weighted by molar-refractivity contribution is 8.02. The number of benzene rings is 8. The first-order valence-electron chi connectivity index (χ1n) is 43.0. The van der Waals surface area contributed by atoms with Crippen molar-refractivity contribution in [3.63, 3.8) is 0 Å². The van der Waals surface area contributed by atoms with Gasteiger partial charge in [0.25, 0.3) is 0 Å². The smallest absolute Gasteiger partial charge is 0.336 e. The van der Waals surface area contributed by atoms with Gasteiger partial charge in [0.1, 0.15) is 0 Å². The lowest BCUT2D eigenvalue weighted by Gasteiger charge is -2.20. The van der Waals surface area contributed by atoms with Crippen LogP contribution in [0.5, 0.6) is 0 Å². The number of amides is 16. The molecule has 8 heterocycles. The molecule has 8 aromatic carbocycles. The molecule has 722 valence electrons. The fourth-order valence-electron chi connectivity index (χ4n) is 15.7. The predicted octanol–water partition coefficient (Wildman–Crippen LogP) is 8.43. The van der Waals surface area contributed by atoms with E-state index in [4.69, 9.17) is 21.7 Å². The van der Waals surface area contributed by atoms with E-state index in [1.165, 1.54) is 71.3 Å². The quantitative estimate of drug-likeness (QED) is 0.0136. The predicted molar refractivity (Wildman–Crippen MR) is 518 cm³/mol. The minimum absolute atomic E-state index is 0.00270. The second-order valence-electron chi connectivity index (χ2n) is 31.7. The molecule has 8 saturated heterocycles. The summed E-state index contributed by atoms with van der Waals surface area (Å²) >= 11 is 9.11. The van der Waals surface area contributed by atoms with Crippen LogP contribution in [0.1, 0.15) is 104 Å². The third kappa shape index (κ3) is 24.9. The molecule has 0 radical (unpaired) electrons. The Balaban J connectivity index is 0.000000161. The Hall–Kier alpha value is -12.9. The van der Waals surface area contributed by atoms with Gasteiger partial charge in [-0.2, -0.15) is 0 Å². The van der Waals surface area contributed by atoms with Gasteiger partial charge >= 0.3 is 23.9 Å². The first kappa shape index (κ1) is 103. The average molecular weight is 2040 g/mol. The van der Waals surface area contributed by atoms with Crippen molar-refractivity contribution in [1.29, 1.82) is 0 Å². The van der Waals surface area contributed by atoms with Crippen molar-refractivity contribution in [1.82, 2.24) is 29.4 Å². The van der Waals surface area contributed by atoms with Crippen LogP contribution in [0.15, 0.2) is 223 Å². The first-order chi connectivity index (χ1) is 66.6. The molecule has 0 aromatic heterocycles. The second-order valence-corrected chi connectivity index (χ2v) is 41.8. The molecule has 0 aliphatic carbocycles. The molecule has 8 aliphatic heterocycles. The van der Waals surface area contributed by atoms with Crippen molar-refractivity contribution < 1.29 is 127 Å². The number of nitrogens with two attached hydrogens (primary N) is 2. The Labute approximate surface area is 827 Å². The van der Waals surface area contributed by atoms with E-state index in [-0.39, 0.29) is 185 Å². The number of aliphatic hydroxyl groups excluding tert-OH is 2. The number of carboxylic acids is 4. The maximum Gasteiger partial charge on any atom is 0.336 e. The van der Waals surface area contributed by atoms with Crippen molar-refractivity contribution in [2.24, 2.45) is 0 Å². The summed E-state index contributed by atoms with van der Waals surface area (Å²) in [6, 6.07) is 53.5. The zero-order chi connectivity index (χ0) is 99.7. The van der Waals surface area contributed by atoms with Gasteiger partial charge in [0, 0.05) is 143 Å². The molecular weight excluding hydrogens is 1950 g/mol. The van der Waals surface area contributed by atoms with Gasteiger partial charge in [-0.15, -0.1) is 94.1 Å². The van der Waals surface area contributed by atoms with Gasteiger partial charge in [0.2, 0.25) is 94.5 Å². The highest BCUT2D eigenvalue weighted by atomic mass is 32.2. The largest absolute Gasteiger partial charge is 0.478 e. The molecule has 0 spiro atoms. The zero-order valence-corrected chi connectivity index (χ0v) is 79.9. The van der Waals surface area contributed by atoms with E-state index in [9.17, 15) is 116 Å². The number of carbonyl (C=O) groups is 20. The Bertz CT molecular complexity index is 5870. The monoisotopic (exact) mass is 2040 g/mol. The van der Waals surface area contributed by atoms with Crippen LogP contribution < -0.4 is 21.3 Å². The number of rotatable bonds is 35. The van der Waals surface area contributed by atoms with E-state index in [1.807, 2.05) is 36.4 Å². The zero-order valence-electron chi connectivity index (χ0n) is 73.4. The number of hydrogen-bond acceptors (Lipinski definition) is 32. The number of nitrogen functional groups attached to an aromatic ring is 2. The molecular formula is C95H88N10O26S8. The lowest BCUT2D eigenvalue weighted by molar-refractivity contribution is -0.143. The standard InChI is InChI=1S/C35H26N2O8S2.C24H20N2O8S2.C22H22N4O4S2.C14H20N2O6S2/c38-30-18-28(46-26-7-3-1-5-24(26)34(42)43)32(40)36(30)22-13-9-20(10-14-22)17-21-11-15-23(16-12-21)37-31(39)19-29(33(37)41)47-27-8-4-2-6-25(27)35(44)45;27-19-11-17(35-15-7-3-1-5-13(15)23(31)32)21(29)25(19)9-10-26-20(28)12-18(22(26)30)36-16-8-4-2-6-14(16)24(33)34;23-13-5-1-3-7-15(13)31-17-11-19(27)25(21(17)29)9-10-26-20(28)12-18(22(26)30)32-16-8-4-2-6-14(16)24;17-3-5-23-9-7-11(19)15(13(9)21)1-2-16-12(20)8-10(14(16)22)24-6-4-18/h1-16,28-29H,17-19H2,(H,42,43)(H,44,45);1-8,17-18H,9-12H2,(H,31,32)(H,33,34);1-8,17-18H,9-12,23-24H2;9-10,17-18H,1-8H2. The number of imide groups is 8. The minimum Gasteiger partial charge on any atom is -0.478 e. The summed E-state index contributed by atoms with van der Waals surface area (Å²) in [5.74, 6) is -9.79. The molecule has 8 fully saturated rings. The number of thioether (sulfide) groups is 8. The van der Waals surface area contributed by atoms with E-state index in [0.29, 0.717) is 60.3 Å². The molecule has 139 heavy (non-hydrogen) atoms. The van der Waals surface area contributed by atoms with Crippen LogP contribution in [0.2, 0.25) is 0 Å². The SMILES string of the molecule is Nc1ccccc1SC1CC(=O)N(CCN2C(=O)CC(Sc3ccccc3N)C2=O)C1=O.O=C(O)c1ccccc1SC1CC(=O)N(CCN2C(=O)CC(Sc3ccccc3C(=O)O)C2=O)C1=O.O=C(O)c1ccccc1SC1CC(=O)N(c2ccc(Cc3ccc(N4C(=O)CC(Sc5ccccc5C(=O)O)C4=O)cc3)cc2)C1=O.O=C1CC(SCCO)C(=O)N1CCN1C(=O)CC(SCCO)C1=O. The highest BCUT2D eigenvalue weighted by Gasteiger charge is 2.49. The second kappa shape index (κ2) is 47.2. The Morgan fingerprint density at radius 2 is 0.460 bits per heavy atom. The van der Waals surface area contributed by atoms with Gasteiger partial charge in [-0.05, 0) is 115 Å². The fraction of sp³-hybridized carbons (Fsp3) is 0.284. The van der Waals surface area contributed by atoms with Crippen LogP contribution in [0.4, 0.5) is 22.7 Å². The molecule has 8 aliphatic rings. The first-order valence-corrected chi connectivity index (χ1v) is 50.4. The van der Waals surface area contributed by atoms with Gasteiger partial charge in [-0.25, -0.2) is 29.0 Å². The summed E-state index contributed by atoms with van der Waals surface area (Å²) < 4.78 is 0. The van der Waals surface area contributed by atoms with Crippen LogP contribution in [-0.2, 0) is 83.1 Å². The number of nitrogens with zero attached hydrogens (tertiary/aromatic N) is 8. The number of carbonyl (C=O) groups excluding carboxylic acids is 16. The number of para-hydroxylation sites is 2. The van der Waals surface area contributed by atoms with E-state index in [2.05, 4.69) is 0 Å². The Kier molecular flexibility index (Phi) is 35.1. The third-order valence-electron chi connectivity index (χ3n) is 22.6. The average Bonchev–Trinajstić information content (AvgIpc) is 1.64. The van der Waals surface area contributed by atoms with Crippen LogP contribution in [0.25, 0.3) is 0 Å². The van der Waals surface area contributed by atoms with Gasteiger partial charge in [0.05, 0.1) is 88.8 Å². The number of anilines is 4. The molecule has 8 atom stereocenters. The molecule has 0 saturated carbocycles. The molecule has 10 N–H and O–H groups in total. The number of aromatic carboxylic acids is 4. The lowest BCUT2D eigenvalue weighted by Crippen LogP contribution is -2.41. The van der Waals surface area contributed by atoms with Crippen LogP contribution in [0.3, 0.4) is 0 Å². The lowest BCUT2D eigenvalue weighted by atomic mass is 10.0. The summed E-state index contributed by atoms with van der Waals surface area (Å²) in [5, 5.41) is 50.0. The van der Waals surface area contributed by atoms with E-state index >= 15 is 0 Å². The molecule has 36 nitrogen and oxygen atoms in total. The maximum atomic E-state index is 13.2. The Morgan fingerprint density at radius 3 is 0.698 bits per heavy atom. The summed E-state index contributed by atoms with van der Waals surface area (Å²) in [6.45, 7) is -0.488. The molecule has 16 rings (SSSR count). The molecule has 8 unspecified atom stereocenters. The molecule has 16 amide bonds. The van der Waals surface area contributed by atoms with E-state index in [1.54, 1.807) is 133 Å². The van der Waals surface area contributed by atoms with Gasteiger partial charge in [0.15, 0.2) is 0 Å². The normalized spacial score (nSPS) is 20.3. The maximum absolute atomic E-state index is 13.2. The number of likely N-dealkylation sites (tertiary alicyclic amines) is 6. The summed E-state index contributed by atoms with van der Waals surface area (Å²) in [7, 11) is 0. The van der Waals surface area contributed by atoms with E-state index in [0.717, 1.165) is 107 Å².